The Balaban J connectivity index is 0. The summed E-state index contributed by atoms with van der Waals surface area (Å²) < 4.78 is 13.4. The predicted octanol–water partition coefficient (Wildman–Crippen LogP) is 1.69. The molecule has 10 heavy (non-hydrogen) atoms. The topological polar surface area (TPSA) is 29.1 Å². The normalized spacial score (nSPS) is 13.4. The van der Waals surface area contributed by atoms with Gasteiger partial charge in [-0.3, -0.25) is 0 Å². The van der Waals surface area contributed by atoms with Crippen molar-refractivity contribution in [1.82, 2.24) is 4.72 Å². The first-order chi connectivity index (χ1) is 4.48. The molecule has 0 rings (SSSR count). The monoisotopic (exact) mass is 165 g/mol. The Morgan fingerprint density at radius 2 is 1.50 bits per heavy atom. The SMILES string of the molecule is CC.CNS(=O)C(C)(C)C. The van der Waals surface area contributed by atoms with Crippen molar-refractivity contribution in [3.8, 4) is 0 Å². The van der Waals surface area contributed by atoms with Gasteiger partial charge in [-0.15, -0.1) is 0 Å². The Labute approximate surface area is 67.0 Å². The smallest absolute Gasteiger partial charge is 0.0967 e. The van der Waals surface area contributed by atoms with E-state index in [0.717, 1.165) is 0 Å². The second-order valence-corrected chi connectivity index (χ2v) is 4.76. The van der Waals surface area contributed by atoms with Crippen LogP contribution in [0.15, 0.2) is 0 Å². The minimum Gasteiger partial charge on any atom is -0.242 e. The highest BCUT2D eigenvalue weighted by Crippen LogP contribution is 2.06. The summed E-state index contributed by atoms with van der Waals surface area (Å²) in [5.41, 5.74) is 0. The van der Waals surface area contributed by atoms with Gasteiger partial charge in [-0.05, 0) is 27.8 Å². The molecule has 0 fully saturated rings. The third-order valence-electron chi connectivity index (χ3n) is 0.742. The van der Waals surface area contributed by atoms with Crippen LogP contribution in [0.2, 0.25) is 0 Å². The highest BCUT2D eigenvalue weighted by Gasteiger charge is 2.16. The minimum atomic E-state index is -0.894. The van der Waals surface area contributed by atoms with E-state index in [2.05, 4.69) is 4.72 Å². The molecule has 0 bridgehead atoms. The molecule has 0 aromatic heterocycles. The standard InChI is InChI=1S/C5H13NOS.C2H6/c1-5(2,3)8(7)6-4;1-2/h6H,1-4H3;1-2H3. The van der Waals surface area contributed by atoms with E-state index in [1.165, 1.54) is 0 Å². The molecule has 0 spiro atoms. The maximum atomic E-state index is 10.8. The minimum absolute atomic E-state index is 0.130. The van der Waals surface area contributed by atoms with E-state index in [1.807, 2.05) is 34.6 Å². The summed E-state index contributed by atoms with van der Waals surface area (Å²) in [5.74, 6) is 0. The van der Waals surface area contributed by atoms with E-state index in [0.29, 0.717) is 0 Å². The van der Waals surface area contributed by atoms with Gasteiger partial charge in [0.05, 0.1) is 15.7 Å². The molecular formula is C7H19NOS. The Morgan fingerprint density at radius 1 is 1.20 bits per heavy atom. The Bertz CT molecular complexity index is 96.3. The van der Waals surface area contributed by atoms with Gasteiger partial charge in [-0.1, -0.05) is 13.8 Å². The molecule has 0 aliphatic carbocycles. The number of hydrogen-bond donors (Lipinski definition) is 1. The molecule has 0 aliphatic rings. The van der Waals surface area contributed by atoms with Gasteiger partial charge in [0, 0.05) is 0 Å². The third kappa shape index (κ3) is 6.23. The van der Waals surface area contributed by atoms with Crippen LogP contribution in [0.5, 0.6) is 0 Å². The Kier molecular flexibility index (Phi) is 7.48. The summed E-state index contributed by atoms with van der Waals surface area (Å²) >= 11 is 0. The van der Waals surface area contributed by atoms with Gasteiger partial charge in [-0.2, -0.15) is 0 Å². The fourth-order valence-corrected chi connectivity index (χ4v) is 0.919. The summed E-state index contributed by atoms with van der Waals surface area (Å²) in [6, 6.07) is 0. The lowest BCUT2D eigenvalue weighted by molar-refractivity contribution is 0.642. The maximum Gasteiger partial charge on any atom is 0.0967 e. The van der Waals surface area contributed by atoms with Crippen LogP contribution in [0.3, 0.4) is 0 Å². The Hall–Kier alpha value is 0.110. The van der Waals surface area contributed by atoms with Gasteiger partial charge < -0.3 is 0 Å². The molecule has 1 N–H and O–H groups in total. The van der Waals surface area contributed by atoms with Crippen LogP contribution in [0.25, 0.3) is 0 Å². The van der Waals surface area contributed by atoms with Crippen molar-refractivity contribution in [1.29, 1.82) is 0 Å². The molecule has 0 saturated heterocycles. The van der Waals surface area contributed by atoms with Crippen molar-refractivity contribution in [2.24, 2.45) is 0 Å². The maximum absolute atomic E-state index is 10.8. The van der Waals surface area contributed by atoms with Crippen LogP contribution in [0, 0.1) is 0 Å². The second-order valence-electron chi connectivity index (χ2n) is 2.59. The first-order valence-electron chi connectivity index (χ1n) is 3.57. The van der Waals surface area contributed by atoms with E-state index in [-0.39, 0.29) is 4.75 Å². The van der Waals surface area contributed by atoms with Crippen LogP contribution in [0.4, 0.5) is 0 Å². The fourth-order valence-electron chi connectivity index (χ4n) is 0.306. The molecule has 0 aliphatic heterocycles. The molecule has 0 saturated carbocycles. The largest absolute Gasteiger partial charge is 0.242 e. The van der Waals surface area contributed by atoms with Gasteiger partial charge in [0.25, 0.3) is 0 Å². The number of nitrogens with one attached hydrogen (secondary N) is 1. The number of rotatable bonds is 1. The van der Waals surface area contributed by atoms with Crippen molar-refractivity contribution < 1.29 is 4.21 Å². The van der Waals surface area contributed by atoms with Gasteiger partial charge in [-0.25, -0.2) is 8.93 Å². The van der Waals surface area contributed by atoms with E-state index >= 15 is 0 Å². The lowest BCUT2D eigenvalue weighted by Gasteiger charge is -2.15. The second kappa shape index (κ2) is 5.86. The van der Waals surface area contributed by atoms with E-state index in [1.54, 1.807) is 7.05 Å². The van der Waals surface area contributed by atoms with E-state index < -0.39 is 11.0 Å². The van der Waals surface area contributed by atoms with Crippen LogP contribution < -0.4 is 4.72 Å². The van der Waals surface area contributed by atoms with Crippen molar-refractivity contribution in [2.45, 2.75) is 39.4 Å². The van der Waals surface area contributed by atoms with Crippen LogP contribution in [0.1, 0.15) is 34.6 Å². The lowest BCUT2D eigenvalue weighted by atomic mass is 10.3. The molecule has 2 nitrogen and oxygen atoms in total. The van der Waals surface area contributed by atoms with Crippen LogP contribution in [-0.2, 0) is 11.0 Å². The zero-order chi connectivity index (χ0) is 8.78. The van der Waals surface area contributed by atoms with Gasteiger partial charge >= 0.3 is 0 Å². The van der Waals surface area contributed by atoms with E-state index in [9.17, 15) is 4.21 Å². The highest BCUT2D eigenvalue weighted by atomic mass is 32.2. The highest BCUT2D eigenvalue weighted by molar-refractivity contribution is 7.84. The van der Waals surface area contributed by atoms with Gasteiger partial charge in [0.1, 0.15) is 0 Å². The van der Waals surface area contributed by atoms with Crippen LogP contribution >= 0.6 is 0 Å². The van der Waals surface area contributed by atoms with Crippen molar-refractivity contribution in [2.75, 3.05) is 7.05 Å². The molecule has 1 atom stereocenters. The average Bonchev–Trinajstić information content (AvgIpc) is 1.89. The summed E-state index contributed by atoms with van der Waals surface area (Å²) in [6.45, 7) is 9.79. The Morgan fingerprint density at radius 3 is 1.50 bits per heavy atom. The van der Waals surface area contributed by atoms with Crippen LogP contribution in [-0.4, -0.2) is 16.0 Å². The summed E-state index contributed by atoms with van der Waals surface area (Å²) in [4.78, 5) is 0. The van der Waals surface area contributed by atoms with Crippen molar-refractivity contribution in [3.63, 3.8) is 0 Å². The zero-order valence-corrected chi connectivity index (χ0v) is 8.63. The first kappa shape index (κ1) is 12.8. The molecule has 1 unspecified atom stereocenters. The predicted molar refractivity (Wildman–Crippen MR) is 48.3 cm³/mol. The molecule has 64 valence electrons. The average molecular weight is 165 g/mol. The van der Waals surface area contributed by atoms with Gasteiger partial charge in [0.15, 0.2) is 0 Å². The molecule has 0 aromatic rings. The summed E-state index contributed by atoms with van der Waals surface area (Å²) in [5, 5.41) is 0. The third-order valence-corrected chi connectivity index (χ3v) is 2.22. The fraction of sp³-hybridized carbons (Fsp3) is 1.00. The van der Waals surface area contributed by atoms with E-state index in [4.69, 9.17) is 0 Å². The molecule has 0 aromatic carbocycles. The number of hydrogen-bond acceptors (Lipinski definition) is 1. The summed E-state index contributed by atoms with van der Waals surface area (Å²) in [6.07, 6.45) is 0. The lowest BCUT2D eigenvalue weighted by Crippen LogP contribution is -2.30. The van der Waals surface area contributed by atoms with Crippen molar-refractivity contribution >= 4 is 11.0 Å². The zero-order valence-electron chi connectivity index (χ0n) is 7.82. The molecule has 3 heteroatoms. The first-order valence-corrected chi connectivity index (χ1v) is 4.72. The van der Waals surface area contributed by atoms with Crippen molar-refractivity contribution in [3.05, 3.63) is 0 Å². The molecule has 0 heterocycles. The molecule has 0 amide bonds. The molecular weight excluding hydrogens is 146 g/mol. The van der Waals surface area contributed by atoms with Gasteiger partial charge in [0.2, 0.25) is 0 Å². The summed E-state index contributed by atoms with van der Waals surface area (Å²) in [7, 11) is 0.802. The molecule has 0 radical (unpaired) electrons. The quantitative estimate of drug-likeness (QED) is 0.629.